The van der Waals surface area contributed by atoms with E-state index in [0.29, 0.717) is 19.4 Å². The molecule has 0 bridgehead atoms. The summed E-state index contributed by atoms with van der Waals surface area (Å²) in [5, 5.41) is 23.0. The fourth-order valence-corrected chi connectivity index (χ4v) is 11.1. The molecule has 2 unspecified atom stereocenters. The zero-order valence-electron chi connectivity index (χ0n) is 52.2. The summed E-state index contributed by atoms with van der Waals surface area (Å²) in [4.78, 5) is 24.4. The summed E-state index contributed by atoms with van der Waals surface area (Å²) in [5.74, 6) is -0.0492. The van der Waals surface area contributed by atoms with E-state index in [0.717, 1.165) is 44.9 Å². The standard InChI is InChI=1S/C71H137NO5/c1-3-5-7-9-11-13-44-49-53-57-61-65-71(76)77-66-62-58-54-50-46-43-41-39-37-35-33-31-29-27-25-23-21-19-17-15-16-18-20-22-24-26-28-30-32-34-36-38-40-42-45-48-52-56-60-64-70(75)72-68(67-73)69(74)63-59-55-51-47-14-12-10-8-6-4-2/h9,11,59,63,68-69,73-74H,3-8,10,12-58,60-62,64-67H2,1-2H3,(H,72,75)/b11-9-,63-59+. The maximum Gasteiger partial charge on any atom is 0.305 e. The second-order valence-electron chi connectivity index (χ2n) is 24.2. The number of esters is 1. The fourth-order valence-electron chi connectivity index (χ4n) is 11.1. The molecule has 1 amide bonds. The molecule has 77 heavy (non-hydrogen) atoms. The second-order valence-corrected chi connectivity index (χ2v) is 24.2. The number of unbranched alkanes of at least 4 members (excludes halogenated alkanes) is 53. The predicted octanol–water partition coefficient (Wildman–Crippen LogP) is 22.5. The Hall–Kier alpha value is -1.66. The molecule has 0 aromatic heterocycles. The third-order valence-electron chi connectivity index (χ3n) is 16.5. The van der Waals surface area contributed by atoms with E-state index in [1.807, 2.05) is 6.08 Å². The molecule has 6 nitrogen and oxygen atoms in total. The van der Waals surface area contributed by atoms with Crippen LogP contribution in [-0.4, -0.2) is 47.4 Å². The van der Waals surface area contributed by atoms with Crippen LogP contribution in [0, 0.1) is 0 Å². The van der Waals surface area contributed by atoms with Crippen molar-refractivity contribution in [3.05, 3.63) is 24.3 Å². The first-order valence-corrected chi connectivity index (χ1v) is 35.1. The van der Waals surface area contributed by atoms with Crippen LogP contribution in [0.3, 0.4) is 0 Å². The van der Waals surface area contributed by atoms with Crippen LogP contribution in [0.5, 0.6) is 0 Å². The van der Waals surface area contributed by atoms with Crippen LogP contribution in [0.1, 0.15) is 393 Å². The van der Waals surface area contributed by atoms with Crippen molar-refractivity contribution in [3.8, 4) is 0 Å². The van der Waals surface area contributed by atoms with Gasteiger partial charge in [0.1, 0.15) is 0 Å². The maximum absolute atomic E-state index is 12.4. The van der Waals surface area contributed by atoms with E-state index in [9.17, 15) is 19.8 Å². The molecule has 0 aromatic rings. The highest BCUT2D eigenvalue weighted by molar-refractivity contribution is 5.76. The van der Waals surface area contributed by atoms with Crippen molar-refractivity contribution in [3.63, 3.8) is 0 Å². The van der Waals surface area contributed by atoms with Gasteiger partial charge in [-0.1, -0.05) is 353 Å². The molecular formula is C71H137NO5. The molecule has 0 aromatic carbocycles. The number of carbonyl (C=O) groups is 2. The van der Waals surface area contributed by atoms with Crippen LogP contribution in [0.15, 0.2) is 24.3 Å². The zero-order chi connectivity index (χ0) is 55.7. The van der Waals surface area contributed by atoms with Crippen LogP contribution in [-0.2, 0) is 14.3 Å². The Balaban J connectivity index is 3.27. The number of allylic oxidation sites excluding steroid dienone is 3. The highest BCUT2D eigenvalue weighted by Gasteiger charge is 2.18. The Morgan fingerprint density at radius 3 is 0.961 bits per heavy atom. The number of amides is 1. The highest BCUT2D eigenvalue weighted by atomic mass is 16.5. The zero-order valence-corrected chi connectivity index (χ0v) is 52.2. The van der Waals surface area contributed by atoms with E-state index in [-0.39, 0.29) is 18.5 Å². The molecule has 0 spiro atoms. The van der Waals surface area contributed by atoms with Crippen molar-refractivity contribution in [1.82, 2.24) is 5.32 Å². The smallest absolute Gasteiger partial charge is 0.305 e. The van der Waals surface area contributed by atoms with Gasteiger partial charge in [0.25, 0.3) is 0 Å². The van der Waals surface area contributed by atoms with E-state index in [1.165, 1.54) is 321 Å². The number of aliphatic hydroxyl groups is 2. The van der Waals surface area contributed by atoms with Gasteiger partial charge in [0.2, 0.25) is 5.91 Å². The summed E-state index contributed by atoms with van der Waals surface area (Å²) < 4.78 is 5.47. The lowest BCUT2D eigenvalue weighted by Gasteiger charge is -2.20. The summed E-state index contributed by atoms with van der Waals surface area (Å²) in [6.07, 6.45) is 84.4. The lowest BCUT2D eigenvalue weighted by atomic mass is 10.0. The highest BCUT2D eigenvalue weighted by Crippen LogP contribution is 2.19. The summed E-state index contributed by atoms with van der Waals surface area (Å²) >= 11 is 0. The summed E-state index contributed by atoms with van der Waals surface area (Å²) in [7, 11) is 0. The monoisotopic (exact) mass is 1080 g/mol. The topological polar surface area (TPSA) is 95.9 Å². The average molecular weight is 1080 g/mol. The molecule has 0 rings (SSSR count). The number of carbonyl (C=O) groups excluding carboxylic acids is 2. The van der Waals surface area contributed by atoms with Gasteiger partial charge in [-0.3, -0.25) is 9.59 Å². The molecule has 2 atom stereocenters. The largest absolute Gasteiger partial charge is 0.466 e. The summed E-state index contributed by atoms with van der Waals surface area (Å²) in [5.41, 5.74) is 0. The van der Waals surface area contributed by atoms with E-state index in [1.54, 1.807) is 6.08 Å². The summed E-state index contributed by atoms with van der Waals surface area (Å²) in [6, 6.07) is -0.621. The molecule has 0 radical (unpaired) electrons. The normalized spacial score (nSPS) is 12.6. The molecular weight excluding hydrogens is 947 g/mol. The minimum absolute atomic E-state index is 0.0130. The van der Waals surface area contributed by atoms with Crippen molar-refractivity contribution < 1.29 is 24.5 Å². The van der Waals surface area contributed by atoms with Gasteiger partial charge >= 0.3 is 5.97 Å². The fraction of sp³-hybridized carbons (Fsp3) is 0.915. The SMILES string of the molecule is CCCC/C=C\CCCCCCCC(=O)OCCCCCCCCCCCCCCCCCCCCCCCCCCCCCCCCCCCCCCCCCC(=O)NC(CO)C(O)/C=C/CCCCCCCCCC. The maximum atomic E-state index is 12.4. The Labute approximate surface area is 481 Å². The van der Waals surface area contributed by atoms with Gasteiger partial charge in [-0.15, -0.1) is 0 Å². The van der Waals surface area contributed by atoms with Crippen LogP contribution in [0.2, 0.25) is 0 Å². The number of rotatable bonds is 66. The van der Waals surface area contributed by atoms with Crippen LogP contribution < -0.4 is 5.32 Å². The molecule has 0 aliphatic rings. The number of hydrogen-bond donors (Lipinski definition) is 3. The first-order chi connectivity index (χ1) is 38.0. The first-order valence-electron chi connectivity index (χ1n) is 35.1. The van der Waals surface area contributed by atoms with E-state index in [2.05, 4.69) is 31.3 Å². The van der Waals surface area contributed by atoms with Crippen molar-refractivity contribution in [2.24, 2.45) is 0 Å². The van der Waals surface area contributed by atoms with Gasteiger partial charge in [0.15, 0.2) is 0 Å². The van der Waals surface area contributed by atoms with Crippen molar-refractivity contribution >= 4 is 11.9 Å². The summed E-state index contributed by atoms with van der Waals surface area (Å²) in [6.45, 7) is 4.87. The molecule has 0 aliphatic carbocycles. The van der Waals surface area contributed by atoms with Crippen LogP contribution in [0.25, 0.3) is 0 Å². The quantitative estimate of drug-likeness (QED) is 0.0320. The number of hydrogen-bond acceptors (Lipinski definition) is 5. The molecule has 456 valence electrons. The van der Waals surface area contributed by atoms with Gasteiger partial charge in [-0.25, -0.2) is 0 Å². The minimum atomic E-state index is -0.837. The Morgan fingerprint density at radius 2 is 0.623 bits per heavy atom. The van der Waals surface area contributed by atoms with Crippen molar-refractivity contribution in [2.75, 3.05) is 13.2 Å². The molecule has 0 saturated carbocycles. The Kier molecular flexibility index (Phi) is 65.4. The molecule has 0 saturated heterocycles. The van der Waals surface area contributed by atoms with Crippen molar-refractivity contribution in [1.29, 1.82) is 0 Å². The Morgan fingerprint density at radius 1 is 0.351 bits per heavy atom. The van der Waals surface area contributed by atoms with Crippen molar-refractivity contribution in [2.45, 2.75) is 405 Å². The van der Waals surface area contributed by atoms with Gasteiger partial charge in [0.05, 0.1) is 25.4 Å². The van der Waals surface area contributed by atoms with Crippen LogP contribution >= 0.6 is 0 Å². The molecule has 0 heterocycles. The number of aliphatic hydroxyl groups excluding tert-OH is 2. The predicted molar refractivity (Wildman–Crippen MR) is 338 cm³/mol. The van der Waals surface area contributed by atoms with Gasteiger partial charge in [0, 0.05) is 12.8 Å². The van der Waals surface area contributed by atoms with E-state index in [4.69, 9.17) is 4.74 Å². The number of ether oxygens (including phenoxy) is 1. The molecule has 0 fully saturated rings. The average Bonchev–Trinajstić information content (AvgIpc) is 3.43. The third kappa shape index (κ3) is 63.4. The van der Waals surface area contributed by atoms with Gasteiger partial charge in [-0.05, 0) is 51.4 Å². The van der Waals surface area contributed by atoms with E-state index >= 15 is 0 Å². The second kappa shape index (κ2) is 66.8. The molecule has 3 N–H and O–H groups in total. The minimum Gasteiger partial charge on any atom is -0.466 e. The van der Waals surface area contributed by atoms with E-state index < -0.39 is 12.1 Å². The third-order valence-corrected chi connectivity index (χ3v) is 16.5. The molecule has 6 heteroatoms. The molecule has 0 aliphatic heterocycles. The number of nitrogens with one attached hydrogen (secondary N) is 1. The Bertz CT molecular complexity index is 1200. The van der Waals surface area contributed by atoms with Crippen LogP contribution in [0.4, 0.5) is 0 Å². The lowest BCUT2D eigenvalue weighted by Crippen LogP contribution is -2.45. The lowest BCUT2D eigenvalue weighted by molar-refractivity contribution is -0.143. The van der Waals surface area contributed by atoms with Gasteiger partial charge < -0.3 is 20.3 Å². The first kappa shape index (κ1) is 75.3. The van der Waals surface area contributed by atoms with Gasteiger partial charge in [-0.2, -0.15) is 0 Å².